The number of hydrogen-bond donors (Lipinski definition) is 1. The summed E-state index contributed by atoms with van der Waals surface area (Å²) in [6, 6.07) is 6.92. The van der Waals surface area contributed by atoms with Gasteiger partial charge < -0.3 is 5.11 Å². The third kappa shape index (κ3) is 2.05. The van der Waals surface area contributed by atoms with Crippen LogP contribution in [0.4, 0.5) is 0 Å². The molecule has 0 aromatic heterocycles. The van der Waals surface area contributed by atoms with Crippen LogP contribution in [-0.2, 0) is 6.56 Å². The molecule has 0 saturated carbocycles. The van der Waals surface area contributed by atoms with E-state index in [1.807, 2.05) is 12.1 Å². The molecule has 0 aliphatic rings. The Morgan fingerprint density at radius 1 is 1.36 bits per heavy atom. The lowest BCUT2D eigenvalue weighted by Crippen LogP contribution is -1.88. The van der Waals surface area contributed by atoms with E-state index in [2.05, 4.69) is 13.8 Å². The maximum Gasteiger partial charge on any atom is 0.0681 e. The first-order valence-electron chi connectivity index (χ1n) is 4.74. The van der Waals surface area contributed by atoms with Gasteiger partial charge in [0.2, 0.25) is 0 Å². The zero-order chi connectivity index (χ0) is 10.1. The molecule has 0 spiro atoms. The Hall–Kier alpha value is -0.820. The molecule has 0 saturated heterocycles. The summed E-state index contributed by atoms with van der Waals surface area (Å²) in [4.78, 5) is 0. The summed E-state index contributed by atoms with van der Waals surface area (Å²) in [7, 11) is 0. The van der Waals surface area contributed by atoms with Gasteiger partial charge in [0.15, 0.2) is 0 Å². The number of aliphatic hydroxyl groups is 1. The molecule has 0 aliphatic heterocycles. The van der Waals surface area contributed by atoms with Gasteiger partial charge in [0.1, 0.15) is 0 Å². The lowest BCUT2D eigenvalue weighted by molar-refractivity contribution is 0.282. The highest BCUT2D eigenvalue weighted by Gasteiger charge is 1.97. The molecule has 0 atom stereocenters. The third-order valence-electron chi connectivity index (χ3n) is 1.71. The SMILES string of the molecule is [2H]C([2H])(O)c1ccc(C(C)C)cc1. The molecular weight excluding hydrogens is 136 g/mol. The largest absolute Gasteiger partial charge is 0.392 e. The van der Waals surface area contributed by atoms with E-state index in [9.17, 15) is 0 Å². The molecule has 0 unspecified atom stereocenters. The zero-order valence-corrected chi connectivity index (χ0v) is 6.83. The smallest absolute Gasteiger partial charge is 0.0681 e. The van der Waals surface area contributed by atoms with Crippen molar-refractivity contribution < 1.29 is 7.85 Å². The second-order valence-electron chi connectivity index (χ2n) is 2.89. The van der Waals surface area contributed by atoms with Crippen molar-refractivity contribution in [3.05, 3.63) is 35.4 Å². The highest BCUT2D eigenvalue weighted by atomic mass is 16.3. The summed E-state index contributed by atoms with van der Waals surface area (Å²) >= 11 is 0. The maximum atomic E-state index is 9.05. The van der Waals surface area contributed by atoms with E-state index in [0.29, 0.717) is 11.5 Å². The molecule has 0 heterocycles. The Morgan fingerprint density at radius 2 is 1.91 bits per heavy atom. The highest BCUT2D eigenvalue weighted by molar-refractivity contribution is 5.23. The number of rotatable bonds is 2. The topological polar surface area (TPSA) is 20.2 Å². The fourth-order valence-electron chi connectivity index (χ4n) is 0.943. The quantitative estimate of drug-likeness (QED) is 0.689. The van der Waals surface area contributed by atoms with Crippen LogP contribution < -0.4 is 0 Å². The fraction of sp³-hybridized carbons (Fsp3) is 0.400. The van der Waals surface area contributed by atoms with E-state index in [1.165, 1.54) is 0 Å². The zero-order valence-electron chi connectivity index (χ0n) is 8.83. The molecule has 0 radical (unpaired) electrons. The molecule has 0 aliphatic carbocycles. The average Bonchev–Trinajstić information content (AvgIpc) is 2.03. The van der Waals surface area contributed by atoms with Gasteiger partial charge in [0.05, 0.1) is 9.30 Å². The summed E-state index contributed by atoms with van der Waals surface area (Å²) in [5.41, 5.74) is 1.45. The predicted molar refractivity (Wildman–Crippen MR) is 46.5 cm³/mol. The van der Waals surface area contributed by atoms with Crippen molar-refractivity contribution >= 4 is 0 Å². The van der Waals surface area contributed by atoms with Crippen molar-refractivity contribution in [2.75, 3.05) is 0 Å². The van der Waals surface area contributed by atoms with E-state index in [0.717, 1.165) is 5.56 Å². The van der Waals surface area contributed by atoms with Gasteiger partial charge in [-0.2, -0.15) is 0 Å². The molecule has 1 nitrogen and oxygen atoms in total. The van der Waals surface area contributed by atoms with Crippen LogP contribution in [0.2, 0.25) is 0 Å². The standard InChI is InChI=1S/C10H14O/c1-8(2)10-5-3-9(7-11)4-6-10/h3-6,8,11H,7H2,1-2H3/i7D2. The van der Waals surface area contributed by atoms with Crippen LogP contribution in [0.5, 0.6) is 0 Å². The van der Waals surface area contributed by atoms with Gasteiger partial charge in [-0.25, -0.2) is 0 Å². The molecule has 1 heteroatoms. The molecule has 11 heavy (non-hydrogen) atoms. The first-order valence-corrected chi connectivity index (χ1v) is 3.74. The highest BCUT2D eigenvalue weighted by Crippen LogP contribution is 2.14. The first-order chi connectivity index (χ1) is 5.91. The van der Waals surface area contributed by atoms with Gasteiger partial charge in [0.25, 0.3) is 0 Å². The second kappa shape index (κ2) is 3.54. The minimum Gasteiger partial charge on any atom is -0.392 e. The summed E-state index contributed by atoms with van der Waals surface area (Å²) in [6.07, 6.45) is 0. The van der Waals surface area contributed by atoms with Crippen LogP contribution in [0.1, 0.15) is 33.6 Å². The van der Waals surface area contributed by atoms with Crippen LogP contribution in [-0.4, -0.2) is 5.11 Å². The van der Waals surface area contributed by atoms with Crippen molar-refractivity contribution in [2.45, 2.75) is 26.3 Å². The maximum absolute atomic E-state index is 9.05. The molecule has 0 amide bonds. The molecule has 60 valence electrons. The van der Waals surface area contributed by atoms with Gasteiger partial charge in [-0.3, -0.25) is 0 Å². The number of hydrogen-bond acceptors (Lipinski definition) is 1. The lowest BCUT2D eigenvalue weighted by Gasteiger charge is -2.04. The Morgan fingerprint density at radius 3 is 2.27 bits per heavy atom. The van der Waals surface area contributed by atoms with Gasteiger partial charge in [-0.1, -0.05) is 38.1 Å². The normalized spacial score (nSPS) is 14.5. The molecule has 0 fully saturated rings. The predicted octanol–water partition coefficient (Wildman–Crippen LogP) is 2.30. The molecule has 1 aromatic carbocycles. The third-order valence-corrected chi connectivity index (χ3v) is 1.71. The van der Waals surface area contributed by atoms with Crippen molar-refractivity contribution in [2.24, 2.45) is 0 Å². The second-order valence-corrected chi connectivity index (χ2v) is 2.89. The molecule has 1 aromatic rings. The summed E-state index contributed by atoms with van der Waals surface area (Å²) < 4.78 is 14.1. The van der Waals surface area contributed by atoms with E-state index < -0.39 is 6.56 Å². The molecule has 1 N–H and O–H groups in total. The van der Waals surface area contributed by atoms with Crippen molar-refractivity contribution in [3.63, 3.8) is 0 Å². The minimum atomic E-state index is -2.23. The minimum absolute atomic E-state index is 0.303. The molecule has 0 bridgehead atoms. The molecule has 1 rings (SSSR count). The van der Waals surface area contributed by atoms with Crippen molar-refractivity contribution in [1.82, 2.24) is 0 Å². The van der Waals surface area contributed by atoms with Crippen LogP contribution in [0, 0.1) is 0 Å². The Bertz CT molecular complexity index is 272. The summed E-state index contributed by atoms with van der Waals surface area (Å²) in [5.74, 6) is 0.429. The van der Waals surface area contributed by atoms with E-state index in [1.54, 1.807) is 12.1 Å². The van der Waals surface area contributed by atoms with Gasteiger partial charge in [-0.05, 0) is 17.0 Å². The Balaban J connectivity index is 2.94. The van der Waals surface area contributed by atoms with Crippen LogP contribution in [0.25, 0.3) is 0 Å². The first kappa shape index (κ1) is 5.78. The van der Waals surface area contributed by atoms with E-state index in [-0.39, 0.29) is 0 Å². The van der Waals surface area contributed by atoms with Crippen LogP contribution in [0.15, 0.2) is 24.3 Å². The summed E-state index contributed by atoms with van der Waals surface area (Å²) in [5, 5.41) is 9.05. The lowest BCUT2D eigenvalue weighted by atomic mass is 10.0. The van der Waals surface area contributed by atoms with Crippen molar-refractivity contribution in [1.29, 1.82) is 0 Å². The van der Waals surface area contributed by atoms with Crippen molar-refractivity contribution in [3.8, 4) is 0 Å². The van der Waals surface area contributed by atoms with Crippen LogP contribution >= 0.6 is 0 Å². The van der Waals surface area contributed by atoms with E-state index in [4.69, 9.17) is 7.85 Å². The van der Waals surface area contributed by atoms with Gasteiger partial charge >= 0.3 is 0 Å². The average molecular weight is 152 g/mol. The van der Waals surface area contributed by atoms with Gasteiger partial charge in [-0.15, -0.1) is 0 Å². The Kier molecular flexibility index (Phi) is 1.86. The number of benzene rings is 1. The van der Waals surface area contributed by atoms with Crippen LogP contribution in [0.3, 0.4) is 0 Å². The van der Waals surface area contributed by atoms with E-state index >= 15 is 0 Å². The summed E-state index contributed by atoms with van der Waals surface area (Å²) in [6.45, 7) is 1.92. The Labute approximate surface area is 70.5 Å². The fourth-order valence-corrected chi connectivity index (χ4v) is 0.943. The molecular formula is C10H14O. The van der Waals surface area contributed by atoms with Gasteiger partial charge in [0, 0.05) is 0 Å². The monoisotopic (exact) mass is 152 g/mol.